The van der Waals surface area contributed by atoms with Crippen molar-refractivity contribution in [1.82, 2.24) is 25.0 Å². The summed E-state index contributed by atoms with van der Waals surface area (Å²) in [7, 11) is 0. The van der Waals surface area contributed by atoms with Gasteiger partial charge in [-0.05, 0) is 25.2 Å². The Morgan fingerprint density at radius 2 is 2.00 bits per heavy atom. The summed E-state index contributed by atoms with van der Waals surface area (Å²) in [5.74, 6) is -1.21. The van der Waals surface area contributed by atoms with Crippen LogP contribution in [0.1, 0.15) is 43.8 Å². The maximum absolute atomic E-state index is 13.2. The maximum atomic E-state index is 13.2. The zero-order chi connectivity index (χ0) is 18.1. The first-order valence-corrected chi connectivity index (χ1v) is 9.39. The number of hydrogen-bond donors (Lipinski definition) is 1. The van der Waals surface area contributed by atoms with E-state index in [1.807, 2.05) is 4.90 Å². The highest BCUT2D eigenvalue weighted by Crippen LogP contribution is 2.36. The number of urea groups is 1. The average Bonchev–Trinajstić information content (AvgIpc) is 3.25. The van der Waals surface area contributed by atoms with Crippen LogP contribution in [0.4, 0.5) is 13.6 Å². The van der Waals surface area contributed by atoms with E-state index in [1.165, 1.54) is 6.33 Å². The van der Waals surface area contributed by atoms with E-state index < -0.39 is 5.92 Å². The number of halogens is 2. The number of aromatic nitrogens is 3. The molecule has 3 heterocycles. The lowest BCUT2D eigenvalue weighted by atomic mass is 9.87. The lowest BCUT2D eigenvalue weighted by Gasteiger charge is -2.41. The van der Waals surface area contributed by atoms with Crippen molar-refractivity contribution < 1.29 is 18.3 Å². The Morgan fingerprint density at radius 3 is 2.69 bits per heavy atom. The fourth-order valence-corrected chi connectivity index (χ4v) is 4.01. The first kappa shape index (κ1) is 17.6. The quantitative estimate of drug-likeness (QED) is 0.883. The zero-order valence-corrected chi connectivity index (χ0v) is 14.7. The second-order valence-corrected chi connectivity index (χ2v) is 7.74. The molecule has 1 N–H and O–H groups in total. The number of rotatable bonds is 4. The first-order valence-electron chi connectivity index (χ1n) is 9.39. The molecular formula is C17H25F2N5O2. The molecule has 2 amide bonds. The van der Waals surface area contributed by atoms with Crippen molar-refractivity contribution in [2.24, 2.45) is 5.92 Å². The lowest BCUT2D eigenvalue weighted by Crippen LogP contribution is -2.58. The number of hydrogen-bond acceptors (Lipinski definition) is 4. The Bertz CT molecular complexity index is 611. The van der Waals surface area contributed by atoms with E-state index in [0.717, 1.165) is 18.8 Å². The van der Waals surface area contributed by atoms with E-state index in [0.29, 0.717) is 39.1 Å². The number of likely N-dealkylation sites (tertiary alicyclic amines) is 2. The number of carbonyl (C=O) groups is 1. The molecule has 0 spiro atoms. The molecule has 1 aromatic heterocycles. The van der Waals surface area contributed by atoms with Gasteiger partial charge in [-0.15, -0.1) is 0 Å². The van der Waals surface area contributed by atoms with Crippen LogP contribution in [0.5, 0.6) is 0 Å². The highest BCUT2D eigenvalue weighted by atomic mass is 19.3. The molecule has 0 radical (unpaired) electrons. The summed E-state index contributed by atoms with van der Waals surface area (Å²) in [4.78, 5) is 20.4. The Kier molecular flexibility index (Phi) is 4.81. The second-order valence-electron chi connectivity index (χ2n) is 7.74. The molecule has 3 aliphatic rings. The lowest BCUT2D eigenvalue weighted by molar-refractivity contribution is -0.0824. The minimum Gasteiger partial charge on any atom is -0.374 e. The number of alkyl halides is 2. The molecule has 3 fully saturated rings. The Balaban J connectivity index is 1.15. The number of H-pyrrole nitrogens is 1. The maximum Gasteiger partial charge on any atom is 0.320 e. The molecule has 0 aromatic carbocycles. The molecule has 2 saturated heterocycles. The Hall–Kier alpha value is -1.77. The molecule has 4 rings (SSSR count). The van der Waals surface area contributed by atoms with Crippen LogP contribution in [0.3, 0.4) is 0 Å². The molecular weight excluding hydrogens is 344 g/mol. The zero-order valence-electron chi connectivity index (χ0n) is 14.7. The van der Waals surface area contributed by atoms with Crippen LogP contribution < -0.4 is 0 Å². The van der Waals surface area contributed by atoms with Gasteiger partial charge < -0.3 is 14.5 Å². The second kappa shape index (κ2) is 7.09. The standard InChI is InChI=1S/C17H25F2N5O2/c18-17(19)4-1-12(2-5-17)10-26-14-8-24(9-14)16(25)23-6-3-13(7-23)15-20-11-21-22-15/h11-14H,1-10H2,(H,20,21,22). The number of nitrogens with zero attached hydrogens (tertiary/aromatic N) is 4. The summed E-state index contributed by atoms with van der Waals surface area (Å²) in [5, 5.41) is 6.74. The third-order valence-corrected chi connectivity index (χ3v) is 5.80. The van der Waals surface area contributed by atoms with Gasteiger partial charge in [-0.3, -0.25) is 5.10 Å². The van der Waals surface area contributed by atoms with Crippen molar-refractivity contribution in [3.05, 3.63) is 12.2 Å². The van der Waals surface area contributed by atoms with Gasteiger partial charge in [0.25, 0.3) is 0 Å². The van der Waals surface area contributed by atoms with Crippen molar-refractivity contribution in [3.63, 3.8) is 0 Å². The van der Waals surface area contributed by atoms with Crippen LogP contribution >= 0.6 is 0 Å². The van der Waals surface area contributed by atoms with Gasteiger partial charge in [0.1, 0.15) is 12.2 Å². The van der Waals surface area contributed by atoms with E-state index in [9.17, 15) is 13.6 Å². The highest BCUT2D eigenvalue weighted by Gasteiger charge is 2.39. The largest absolute Gasteiger partial charge is 0.374 e. The molecule has 1 atom stereocenters. The number of carbonyl (C=O) groups excluding carboxylic acids is 1. The third-order valence-electron chi connectivity index (χ3n) is 5.80. The van der Waals surface area contributed by atoms with E-state index in [-0.39, 0.29) is 36.8 Å². The number of aromatic amines is 1. The fraction of sp³-hybridized carbons (Fsp3) is 0.824. The average molecular weight is 369 g/mol. The van der Waals surface area contributed by atoms with Gasteiger partial charge in [-0.2, -0.15) is 5.10 Å². The van der Waals surface area contributed by atoms with Crippen molar-refractivity contribution in [2.75, 3.05) is 32.8 Å². The molecule has 7 nitrogen and oxygen atoms in total. The SMILES string of the molecule is O=C(N1CC(OCC2CCC(F)(F)CC2)C1)N1CCC(c2ncn[nH]2)C1. The summed E-state index contributed by atoms with van der Waals surface area (Å²) in [6.07, 6.45) is 3.41. The van der Waals surface area contributed by atoms with E-state index in [2.05, 4.69) is 15.2 Å². The summed E-state index contributed by atoms with van der Waals surface area (Å²) in [5.41, 5.74) is 0. The normalized spacial score (nSPS) is 26.9. The van der Waals surface area contributed by atoms with Gasteiger partial charge in [0, 0.05) is 38.5 Å². The van der Waals surface area contributed by atoms with Crippen LogP contribution in [0, 0.1) is 5.92 Å². The van der Waals surface area contributed by atoms with Crippen molar-refractivity contribution >= 4 is 6.03 Å². The predicted octanol–water partition coefficient (Wildman–Crippen LogP) is 2.24. The van der Waals surface area contributed by atoms with Crippen LogP contribution in [0.2, 0.25) is 0 Å². The molecule has 9 heteroatoms. The number of amides is 2. The van der Waals surface area contributed by atoms with E-state index in [4.69, 9.17) is 4.74 Å². The highest BCUT2D eigenvalue weighted by molar-refractivity contribution is 5.75. The van der Waals surface area contributed by atoms with Gasteiger partial charge in [0.2, 0.25) is 5.92 Å². The molecule has 1 saturated carbocycles. The summed E-state index contributed by atoms with van der Waals surface area (Å²) < 4.78 is 32.1. The predicted molar refractivity (Wildman–Crippen MR) is 88.9 cm³/mol. The molecule has 1 aliphatic carbocycles. The van der Waals surface area contributed by atoms with Gasteiger partial charge in [0.05, 0.1) is 19.2 Å². The monoisotopic (exact) mass is 369 g/mol. The van der Waals surface area contributed by atoms with Gasteiger partial charge in [-0.1, -0.05) is 0 Å². The summed E-state index contributed by atoms with van der Waals surface area (Å²) >= 11 is 0. The topological polar surface area (TPSA) is 74.3 Å². The van der Waals surface area contributed by atoms with Gasteiger partial charge >= 0.3 is 6.03 Å². The van der Waals surface area contributed by atoms with E-state index in [1.54, 1.807) is 4.90 Å². The summed E-state index contributed by atoms with van der Waals surface area (Å²) in [6.45, 7) is 3.09. The summed E-state index contributed by atoms with van der Waals surface area (Å²) in [6, 6.07) is 0.0455. The van der Waals surface area contributed by atoms with Crippen molar-refractivity contribution in [1.29, 1.82) is 0 Å². The fourth-order valence-electron chi connectivity index (χ4n) is 4.01. The van der Waals surface area contributed by atoms with Crippen LogP contribution in [0.15, 0.2) is 6.33 Å². The molecule has 2 aliphatic heterocycles. The Labute approximate surface area is 151 Å². The number of nitrogens with one attached hydrogen (secondary N) is 1. The van der Waals surface area contributed by atoms with Crippen molar-refractivity contribution in [2.45, 2.75) is 50.0 Å². The Morgan fingerprint density at radius 1 is 1.23 bits per heavy atom. The first-order chi connectivity index (χ1) is 12.5. The molecule has 1 unspecified atom stereocenters. The van der Waals surface area contributed by atoms with Crippen LogP contribution in [0.25, 0.3) is 0 Å². The third kappa shape index (κ3) is 3.82. The van der Waals surface area contributed by atoms with E-state index >= 15 is 0 Å². The van der Waals surface area contributed by atoms with Crippen LogP contribution in [-0.4, -0.2) is 75.8 Å². The molecule has 144 valence electrons. The van der Waals surface area contributed by atoms with Gasteiger partial charge in [0.15, 0.2) is 0 Å². The number of ether oxygens (including phenoxy) is 1. The minimum atomic E-state index is -2.49. The molecule has 1 aromatic rings. The van der Waals surface area contributed by atoms with Crippen LogP contribution in [-0.2, 0) is 4.74 Å². The van der Waals surface area contributed by atoms with Crippen molar-refractivity contribution in [3.8, 4) is 0 Å². The molecule has 26 heavy (non-hydrogen) atoms. The van der Waals surface area contributed by atoms with Gasteiger partial charge in [-0.25, -0.2) is 18.6 Å². The minimum absolute atomic E-state index is 0.0301. The smallest absolute Gasteiger partial charge is 0.320 e. The molecule has 0 bridgehead atoms.